The molecule has 0 aromatic rings. The van der Waals surface area contributed by atoms with E-state index in [2.05, 4.69) is 25.3 Å². The summed E-state index contributed by atoms with van der Waals surface area (Å²) in [6, 6.07) is 0. The lowest BCUT2D eigenvalue weighted by molar-refractivity contribution is -0.819. The molecule has 1 heterocycles. The van der Waals surface area contributed by atoms with E-state index < -0.39 is 0 Å². The Morgan fingerprint density at radius 2 is 2.00 bits per heavy atom. The second-order valence-electron chi connectivity index (χ2n) is 3.56. The highest BCUT2D eigenvalue weighted by atomic mass is 32.2. The van der Waals surface area contributed by atoms with Crippen LogP contribution in [0.5, 0.6) is 0 Å². The summed E-state index contributed by atoms with van der Waals surface area (Å²) in [6.45, 7) is 4.52. The molecule has 0 saturated carbocycles. The quantitative estimate of drug-likeness (QED) is 0.431. The van der Waals surface area contributed by atoms with Gasteiger partial charge in [0.15, 0.2) is 0 Å². The number of thioether (sulfide) groups is 1. The molecule has 0 aromatic heterocycles. The Labute approximate surface area is 84.5 Å². The van der Waals surface area contributed by atoms with Gasteiger partial charge in [-0.2, -0.15) is 0 Å². The molecule has 12 heavy (non-hydrogen) atoms. The minimum Gasteiger partial charge on any atom is -0.295 e. The number of nitrogens with zero attached hydrogens (tertiary/aromatic N) is 2. The zero-order chi connectivity index (χ0) is 9.19. The fourth-order valence-electron chi connectivity index (χ4n) is 1.34. The van der Waals surface area contributed by atoms with Crippen molar-refractivity contribution < 1.29 is 4.48 Å². The topological polar surface area (TPSA) is 3.24 Å². The summed E-state index contributed by atoms with van der Waals surface area (Å²) in [6.07, 6.45) is 3.77. The lowest BCUT2D eigenvalue weighted by Crippen LogP contribution is -2.57. The number of likely N-dealkylation sites (N-methyl/N-ethyl adjacent to an activating group) is 2. The van der Waals surface area contributed by atoms with Gasteiger partial charge in [0.25, 0.3) is 0 Å². The molecule has 1 aliphatic heterocycles. The second kappa shape index (κ2) is 4.05. The van der Waals surface area contributed by atoms with Crippen LogP contribution in [0.2, 0.25) is 0 Å². The molecule has 1 aliphatic rings. The van der Waals surface area contributed by atoms with Crippen LogP contribution in [0.3, 0.4) is 0 Å². The van der Waals surface area contributed by atoms with E-state index in [1.165, 1.54) is 11.8 Å². The number of thiocarbonyl (C=S) groups is 1. The average molecular weight is 204 g/mol. The molecule has 1 fully saturated rings. The number of quaternary nitrogens is 1. The molecule has 2 nitrogen and oxygen atoms in total. The van der Waals surface area contributed by atoms with Gasteiger partial charge in [0.1, 0.15) is 0 Å². The van der Waals surface area contributed by atoms with Gasteiger partial charge in [-0.25, -0.2) is 0 Å². The van der Waals surface area contributed by atoms with Crippen molar-refractivity contribution in [2.24, 2.45) is 0 Å². The highest BCUT2D eigenvalue weighted by Gasteiger charge is 2.31. The summed E-state index contributed by atoms with van der Waals surface area (Å²) in [5.41, 5.74) is 0. The van der Waals surface area contributed by atoms with Crippen molar-refractivity contribution in [3.63, 3.8) is 0 Å². The first-order valence-electron chi connectivity index (χ1n) is 4.08. The van der Waals surface area contributed by atoms with E-state index >= 15 is 0 Å². The first-order valence-corrected chi connectivity index (χ1v) is 5.47. The Kier molecular flexibility index (Phi) is 3.52. The molecule has 0 aromatic carbocycles. The Morgan fingerprint density at radius 1 is 1.50 bits per heavy atom. The number of hydrogen-bond donors (Lipinski definition) is 0. The van der Waals surface area contributed by atoms with Gasteiger partial charge >= 0.3 is 0 Å². The van der Waals surface area contributed by atoms with E-state index in [9.17, 15) is 0 Å². The van der Waals surface area contributed by atoms with E-state index in [1.807, 2.05) is 0 Å². The van der Waals surface area contributed by atoms with Crippen LogP contribution in [0, 0.1) is 6.26 Å². The summed E-state index contributed by atoms with van der Waals surface area (Å²) in [7, 11) is 4.36. The molecular formula is C8H16N2S2+. The maximum atomic E-state index is 5.28. The maximum Gasteiger partial charge on any atom is 0.233 e. The molecule has 1 radical (unpaired) electrons. The van der Waals surface area contributed by atoms with Gasteiger partial charge in [-0.3, -0.25) is 9.38 Å². The monoisotopic (exact) mass is 204 g/mol. The minimum absolute atomic E-state index is 0.911. The van der Waals surface area contributed by atoms with Crippen molar-refractivity contribution >= 4 is 28.3 Å². The van der Waals surface area contributed by atoms with Gasteiger partial charge in [0.05, 0.1) is 20.1 Å². The Morgan fingerprint density at radius 3 is 2.42 bits per heavy atom. The fraction of sp³-hybridized carbons (Fsp3) is 0.750. The molecule has 4 heteroatoms. The summed E-state index contributed by atoms with van der Waals surface area (Å²) in [5, 5.41) is 0. The first kappa shape index (κ1) is 10.4. The van der Waals surface area contributed by atoms with E-state index in [0.717, 1.165) is 35.0 Å². The van der Waals surface area contributed by atoms with Crippen LogP contribution in [0.25, 0.3) is 0 Å². The third-order valence-corrected chi connectivity index (χ3v) is 4.00. The van der Waals surface area contributed by atoms with E-state index in [0.29, 0.717) is 0 Å². The normalized spacial score (nSPS) is 23.9. The van der Waals surface area contributed by atoms with Crippen molar-refractivity contribution in [1.82, 2.24) is 4.90 Å². The van der Waals surface area contributed by atoms with Crippen LogP contribution in [-0.2, 0) is 0 Å². The van der Waals surface area contributed by atoms with Crippen LogP contribution < -0.4 is 0 Å². The standard InChI is InChI=1S/C8H16N2S2/c1-9-4-6-10(2,7-5-9)8(11)12-3/h3-7H2,1-2H3/q+1. The molecule has 69 valence electrons. The highest BCUT2D eigenvalue weighted by Crippen LogP contribution is 2.17. The third-order valence-electron chi connectivity index (χ3n) is 2.51. The van der Waals surface area contributed by atoms with Gasteiger partial charge in [0.2, 0.25) is 4.32 Å². The first-order chi connectivity index (χ1) is 5.58. The SMILES string of the molecule is [CH2]SC(=S)[N+]1(C)CCN(C)CC1. The Balaban J connectivity index is 2.55. The molecule has 0 spiro atoms. The summed E-state index contributed by atoms with van der Waals surface area (Å²) >= 11 is 6.75. The third kappa shape index (κ3) is 2.19. The summed E-state index contributed by atoms with van der Waals surface area (Å²) in [4.78, 5) is 2.34. The number of rotatable bonds is 0. The van der Waals surface area contributed by atoms with E-state index in [-0.39, 0.29) is 0 Å². The van der Waals surface area contributed by atoms with E-state index in [1.54, 1.807) is 0 Å². The van der Waals surface area contributed by atoms with Gasteiger partial charge in [0, 0.05) is 19.3 Å². The maximum absolute atomic E-state index is 5.28. The minimum atomic E-state index is 0.911. The second-order valence-corrected chi connectivity index (χ2v) is 4.88. The lowest BCUT2D eigenvalue weighted by atomic mass is 10.3. The molecule has 0 atom stereocenters. The van der Waals surface area contributed by atoms with Gasteiger partial charge in [-0.05, 0) is 19.3 Å². The predicted molar refractivity (Wildman–Crippen MR) is 59.0 cm³/mol. The van der Waals surface area contributed by atoms with Crippen molar-refractivity contribution in [2.45, 2.75) is 0 Å². The Hall–Kier alpha value is 0.360. The molecule has 1 saturated heterocycles. The van der Waals surface area contributed by atoms with Gasteiger partial charge in [-0.15, -0.1) is 0 Å². The van der Waals surface area contributed by atoms with Crippen LogP contribution in [0.4, 0.5) is 0 Å². The van der Waals surface area contributed by atoms with Gasteiger partial charge in [-0.1, -0.05) is 11.8 Å². The van der Waals surface area contributed by atoms with Crippen molar-refractivity contribution in [3.05, 3.63) is 6.26 Å². The molecule has 0 N–H and O–H groups in total. The van der Waals surface area contributed by atoms with E-state index in [4.69, 9.17) is 12.2 Å². The van der Waals surface area contributed by atoms with Gasteiger partial charge < -0.3 is 0 Å². The molecule has 0 amide bonds. The van der Waals surface area contributed by atoms with Crippen LogP contribution in [0.1, 0.15) is 0 Å². The summed E-state index contributed by atoms with van der Waals surface area (Å²) < 4.78 is 1.93. The highest BCUT2D eigenvalue weighted by molar-refractivity contribution is 8.23. The largest absolute Gasteiger partial charge is 0.295 e. The molecule has 0 aliphatic carbocycles. The number of hydrogen-bond acceptors (Lipinski definition) is 3. The number of piperazine rings is 1. The van der Waals surface area contributed by atoms with Crippen LogP contribution in [0.15, 0.2) is 0 Å². The van der Waals surface area contributed by atoms with Crippen LogP contribution in [-0.4, -0.2) is 54.0 Å². The smallest absolute Gasteiger partial charge is 0.233 e. The van der Waals surface area contributed by atoms with Crippen molar-refractivity contribution in [3.8, 4) is 0 Å². The fourth-order valence-corrected chi connectivity index (χ4v) is 2.02. The van der Waals surface area contributed by atoms with Crippen LogP contribution >= 0.6 is 24.0 Å². The molecule has 0 unspecified atom stereocenters. The summed E-state index contributed by atoms with van der Waals surface area (Å²) in [5.74, 6) is 0. The average Bonchev–Trinajstić information content (AvgIpc) is 2.09. The predicted octanol–water partition coefficient (Wildman–Crippen LogP) is 1.19. The Bertz CT molecular complexity index is 174. The molecule has 1 rings (SSSR count). The van der Waals surface area contributed by atoms with Crippen molar-refractivity contribution in [1.29, 1.82) is 0 Å². The zero-order valence-corrected chi connectivity index (χ0v) is 9.38. The van der Waals surface area contributed by atoms with Crippen molar-refractivity contribution in [2.75, 3.05) is 40.3 Å². The molecular weight excluding hydrogens is 188 g/mol. The zero-order valence-electron chi connectivity index (χ0n) is 7.75. The molecule has 0 bridgehead atoms. The lowest BCUT2D eigenvalue weighted by Gasteiger charge is -2.39.